The van der Waals surface area contributed by atoms with Crippen molar-refractivity contribution in [2.24, 2.45) is 0 Å². The van der Waals surface area contributed by atoms with Gasteiger partial charge in [0, 0.05) is 23.1 Å². The number of amides is 1. The number of nitrogens with one attached hydrogen (secondary N) is 1. The number of hydrogen-bond donors (Lipinski definition) is 1. The van der Waals surface area contributed by atoms with Gasteiger partial charge in [-0.25, -0.2) is 4.98 Å². The second-order valence-corrected chi connectivity index (χ2v) is 9.12. The van der Waals surface area contributed by atoms with Gasteiger partial charge in [0.15, 0.2) is 11.5 Å². The topological polar surface area (TPSA) is 60.5 Å². The fourth-order valence-corrected chi connectivity index (χ4v) is 3.62. The van der Waals surface area contributed by atoms with Gasteiger partial charge < -0.3 is 14.8 Å². The average molecular weight is 472 g/mol. The van der Waals surface area contributed by atoms with Crippen LogP contribution in [0.25, 0.3) is 21.8 Å². The fraction of sp³-hybridized carbons (Fsp3) is 0.200. The Morgan fingerprint density at radius 2 is 1.69 bits per heavy atom. The third-order valence-corrected chi connectivity index (χ3v) is 5.50. The highest BCUT2D eigenvalue weighted by molar-refractivity contribution is 7.13. The summed E-state index contributed by atoms with van der Waals surface area (Å²) in [6.45, 7) is 0.266. The first-order valence-corrected chi connectivity index (χ1v) is 10.5. The first kappa shape index (κ1) is 21.7. The van der Waals surface area contributed by atoms with Crippen LogP contribution >= 0.6 is 46.1 Å². The molecular weight excluding hydrogens is 455 g/mol. The van der Waals surface area contributed by atoms with Crippen molar-refractivity contribution < 1.29 is 14.3 Å². The van der Waals surface area contributed by atoms with Gasteiger partial charge in [0.05, 0.1) is 19.9 Å². The molecule has 1 N–H and O–H groups in total. The molecule has 0 aliphatic rings. The van der Waals surface area contributed by atoms with Gasteiger partial charge in [-0.3, -0.25) is 4.79 Å². The van der Waals surface area contributed by atoms with Crippen LogP contribution in [0.2, 0.25) is 0 Å². The van der Waals surface area contributed by atoms with Crippen LogP contribution in [0.15, 0.2) is 47.8 Å². The summed E-state index contributed by atoms with van der Waals surface area (Å²) in [5, 5.41) is 5.45. The lowest BCUT2D eigenvalue weighted by Crippen LogP contribution is -2.33. The molecule has 2 aromatic carbocycles. The van der Waals surface area contributed by atoms with Crippen LogP contribution in [0, 0.1) is 0 Å². The molecule has 1 heterocycles. The van der Waals surface area contributed by atoms with E-state index in [1.54, 1.807) is 25.6 Å². The molecule has 9 heteroatoms. The number of aromatic nitrogens is 1. The molecule has 152 valence electrons. The number of halogens is 3. The monoisotopic (exact) mass is 470 g/mol. The van der Waals surface area contributed by atoms with Crippen LogP contribution in [-0.4, -0.2) is 28.9 Å². The van der Waals surface area contributed by atoms with E-state index in [4.69, 9.17) is 49.3 Å². The lowest BCUT2D eigenvalue weighted by Gasteiger charge is -2.11. The van der Waals surface area contributed by atoms with E-state index in [-0.39, 0.29) is 6.54 Å². The Labute approximate surface area is 187 Å². The minimum Gasteiger partial charge on any atom is -0.493 e. The highest BCUT2D eigenvalue weighted by Crippen LogP contribution is 2.34. The number of rotatable bonds is 6. The third-order valence-electron chi connectivity index (χ3n) is 4.09. The first-order valence-electron chi connectivity index (χ1n) is 8.44. The number of carbonyl (C=O) groups is 1. The van der Waals surface area contributed by atoms with Crippen LogP contribution in [0.3, 0.4) is 0 Å². The number of hydrogen-bond acceptors (Lipinski definition) is 5. The normalized spacial score (nSPS) is 11.2. The summed E-state index contributed by atoms with van der Waals surface area (Å²) in [6, 6.07) is 13.4. The van der Waals surface area contributed by atoms with Crippen molar-refractivity contribution >= 4 is 52.0 Å². The van der Waals surface area contributed by atoms with Gasteiger partial charge in [-0.1, -0.05) is 59.1 Å². The Balaban J connectivity index is 1.73. The maximum Gasteiger partial charge on any atom is 0.272 e. The van der Waals surface area contributed by atoms with Crippen LogP contribution in [0.1, 0.15) is 5.56 Å². The number of thiazole rings is 1. The molecule has 5 nitrogen and oxygen atoms in total. The SMILES string of the molecule is COc1ccc(-c2csc(-c3ccc(CNC(=O)C(Cl)(Cl)Cl)cc3)n2)cc1OC. The molecule has 0 saturated heterocycles. The van der Waals surface area contributed by atoms with Gasteiger partial charge in [-0.05, 0) is 23.8 Å². The lowest BCUT2D eigenvalue weighted by molar-refractivity contribution is -0.120. The Kier molecular flexibility index (Phi) is 6.90. The Morgan fingerprint density at radius 3 is 2.31 bits per heavy atom. The third kappa shape index (κ3) is 5.34. The quantitative estimate of drug-likeness (QED) is 0.484. The summed E-state index contributed by atoms with van der Waals surface area (Å²) >= 11 is 18.2. The van der Waals surface area contributed by atoms with E-state index in [2.05, 4.69) is 5.32 Å². The molecule has 1 aromatic heterocycles. The van der Waals surface area contributed by atoms with E-state index in [0.29, 0.717) is 11.5 Å². The summed E-state index contributed by atoms with van der Waals surface area (Å²) in [4.78, 5) is 16.3. The smallest absolute Gasteiger partial charge is 0.272 e. The van der Waals surface area contributed by atoms with E-state index >= 15 is 0 Å². The van der Waals surface area contributed by atoms with Crippen LogP contribution in [0.5, 0.6) is 11.5 Å². The molecule has 3 rings (SSSR count). The zero-order valence-electron chi connectivity index (χ0n) is 15.5. The average Bonchev–Trinajstić information content (AvgIpc) is 3.21. The second-order valence-electron chi connectivity index (χ2n) is 5.99. The van der Waals surface area contributed by atoms with Crippen molar-refractivity contribution in [2.45, 2.75) is 10.3 Å². The number of ether oxygens (including phenoxy) is 2. The van der Waals surface area contributed by atoms with Gasteiger partial charge in [-0.2, -0.15) is 0 Å². The van der Waals surface area contributed by atoms with Crippen LogP contribution in [-0.2, 0) is 11.3 Å². The molecule has 0 aliphatic carbocycles. The summed E-state index contributed by atoms with van der Waals surface area (Å²) in [5.41, 5.74) is 3.65. The Hall–Kier alpha value is -1.99. The first-order chi connectivity index (χ1) is 13.8. The maximum absolute atomic E-state index is 11.6. The minimum absolute atomic E-state index is 0.266. The molecule has 0 aliphatic heterocycles. The van der Waals surface area contributed by atoms with Crippen molar-refractivity contribution in [3.05, 3.63) is 53.4 Å². The van der Waals surface area contributed by atoms with E-state index in [1.807, 2.05) is 47.8 Å². The van der Waals surface area contributed by atoms with Gasteiger partial charge >= 0.3 is 0 Å². The highest BCUT2D eigenvalue weighted by atomic mass is 35.6. The second kappa shape index (κ2) is 9.22. The van der Waals surface area contributed by atoms with E-state index in [1.165, 1.54) is 0 Å². The fourth-order valence-electron chi connectivity index (χ4n) is 2.58. The molecule has 1 amide bonds. The van der Waals surface area contributed by atoms with E-state index in [9.17, 15) is 4.79 Å². The minimum atomic E-state index is -1.97. The van der Waals surface area contributed by atoms with E-state index in [0.717, 1.165) is 27.4 Å². The van der Waals surface area contributed by atoms with Gasteiger partial charge in [-0.15, -0.1) is 11.3 Å². The maximum atomic E-state index is 11.6. The van der Waals surface area contributed by atoms with Gasteiger partial charge in [0.2, 0.25) is 0 Å². The largest absolute Gasteiger partial charge is 0.493 e. The Bertz CT molecular complexity index is 1000. The van der Waals surface area contributed by atoms with Crippen LogP contribution < -0.4 is 14.8 Å². The highest BCUT2D eigenvalue weighted by Gasteiger charge is 2.30. The molecule has 0 radical (unpaired) electrons. The molecule has 0 fully saturated rings. The predicted molar refractivity (Wildman–Crippen MR) is 118 cm³/mol. The number of nitrogens with zero attached hydrogens (tertiary/aromatic N) is 1. The molecule has 0 unspecified atom stereocenters. The van der Waals surface area contributed by atoms with E-state index < -0.39 is 9.70 Å². The summed E-state index contributed by atoms with van der Waals surface area (Å²) in [5.74, 6) is 0.663. The van der Waals surface area contributed by atoms with Crippen molar-refractivity contribution in [2.75, 3.05) is 14.2 Å². The van der Waals surface area contributed by atoms with Gasteiger partial charge in [0.25, 0.3) is 9.70 Å². The molecule has 0 spiro atoms. The molecule has 0 saturated carbocycles. The number of benzene rings is 2. The van der Waals surface area contributed by atoms with Crippen LogP contribution in [0.4, 0.5) is 0 Å². The van der Waals surface area contributed by atoms with Crippen molar-refractivity contribution in [3.63, 3.8) is 0 Å². The molecule has 0 atom stereocenters. The lowest BCUT2D eigenvalue weighted by atomic mass is 10.1. The zero-order valence-corrected chi connectivity index (χ0v) is 18.6. The van der Waals surface area contributed by atoms with Crippen molar-refractivity contribution in [3.8, 4) is 33.3 Å². The number of carbonyl (C=O) groups excluding carboxylic acids is 1. The Morgan fingerprint density at radius 1 is 1.03 bits per heavy atom. The molecule has 29 heavy (non-hydrogen) atoms. The molecule has 0 bridgehead atoms. The summed E-state index contributed by atoms with van der Waals surface area (Å²) < 4.78 is 8.66. The van der Waals surface area contributed by atoms with Crippen molar-refractivity contribution in [1.82, 2.24) is 10.3 Å². The number of methoxy groups -OCH3 is 2. The summed E-state index contributed by atoms with van der Waals surface area (Å²) in [6.07, 6.45) is 0. The standard InChI is InChI=1S/C20H17Cl3N2O3S/c1-27-16-8-7-14(9-17(16)28-2)15-11-29-18(25-15)13-5-3-12(4-6-13)10-24-19(26)20(21,22)23/h3-9,11H,10H2,1-2H3,(H,24,26). The summed E-state index contributed by atoms with van der Waals surface area (Å²) in [7, 11) is 3.20. The molecular formula is C20H17Cl3N2O3S. The predicted octanol–water partition coefficient (Wildman–Crippen LogP) is 5.48. The molecule has 3 aromatic rings. The van der Waals surface area contributed by atoms with Gasteiger partial charge in [0.1, 0.15) is 5.01 Å². The van der Waals surface area contributed by atoms with Crippen molar-refractivity contribution in [1.29, 1.82) is 0 Å². The zero-order chi connectivity index (χ0) is 21.0. The number of alkyl halides is 3.